The smallest absolute Gasteiger partial charge is 0.153 e. The van der Waals surface area contributed by atoms with Crippen LogP contribution in [0.2, 0.25) is 0 Å². The topological polar surface area (TPSA) is 34.9 Å². The third-order valence-electron chi connectivity index (χ3n) is 3.30. The van der Waals surface area contributed by atoms with Crippen LogP contribution < -0.4 is 0 Å². The Labute approximate surface area is 96.8 Å². The zero-order valence-electron chi connectivity index (χ0n) is 10.4. The van der Waals surface area contributed by atoms with Gasteiger partial charge in [-0.25, -0.2) is 0 Å². The van der Waals surface area contributed by atoms with Crippen molar-refractivity contribution in [2.24, 2.45) is 0 Å². The minimum atomic E-state index is -0.0555. The van der Waals surface area contributed by atoms with E-state index in [1.54, 1.807) is 0 Å². The first-order valence-corrected chi connectivity index (χ1v) is 6.07. The molecule has 0 amide bonds. The minimum absolute atomic E-state index is 0.0555. The molecule has 0 atom stereocenters. The van der Waals surface area contributed by atoms with Crippen LogP contribution in [0.25, 0.3) is 0 Å². The molecule has 1 heterocycles. The number of carbonyl (C=O) groups excluding carboxylic acids is 1. The van der Waals surface area contributed by atoms with Gasteiger partial charge in [-0.1, -0.05) is 33.6 Å². The van der Waals surface area contributed by atoms with Crippen LogP contribution in [-0.2, 0) is 5.41 Å². The number of hydrogen-bond acceptors (Lipinski definition) is 2. The molecule has 1 aliphatic carbocycles. The maximum Gasteiger partial charge on any atom is 0.153 e. The fourth-order valence-electron chi connectivity index (χ4n) is 2.43. The summed E-state index contributed by atoms with van der Waals surface area (Å²) in [5.41, 5.74) is 1.62. The Bertz CT molecular complexity index is 381. The highest BCUT2D eigenvalue weighted by atomic mass is 16.1. The summed E-state index contributed by atoms with van der Waals surface area (Å²) < 4.78 is 2.01. The van der Waals surface area contributed by atoms with E-state index in [-0.39, 0.29) is 5.41 Å². The SMILES string of the molecule is CC(C)(C)c1nn(C2CCCC2)cc1C=O. The number of hydrogen-bond donors (Lipinski definition) is 0. The molecule has 16 heavy (non-hydrogen) atoms. The Morgan fingerprint density at radius 1 is 1.38 bits per heavy atom. The van der Waals surface area contributed by atoms with Crippen LogP contribution in [0.4, 0.5) is 0 Å². The first-order valence-electron chi connectivity index (χ1n) is 6.07. The van der Waals surface area contributed by atoms with Gasteiger partial charge in [-0.3, -0.25) is 9.48 Å². The summed E-state index contributed by atoms with van der Waals surface area (Å²) in [5.74, 6) is 0. The normalized spacial score (nSPS) is 17.9. The molecule has 3 heteroatoms. The van der Waals surface area contributed by atoms with E-state index in [4.69, 9.17) is 0 Å². The van der Waals surface area contributed by atoms with Crippen LogP contribution in [-0.4, -0.2) is 16.1 Å². The molecular formula is C13H20N2O. The van der Waals surface area contributed by atoms with Crippen LogP contribution in [0, 0.1) is 0 Å². The molecule has 0 unspecified atom stereocenters. The van der Waals surface area contributed by atoms with Gasteiger partial charge in [0.2, 0.25) is 0 Å². The molecule has 0 spiro atoms. The van der Waals surface area contributed by atoms with Crippen molar-refractivity contribution in [3.05, 3.63) is 17.5 Å². The molecule has 1 saturated carbocycles. The lowest BCUT2D eigenvalue weighted by atomic mass is 9.90. The first kappa shape index (κ1) is 11.4. The lowest BCUT2D eigenvalue weighted by molar-refractivity contribution is 0.112. The first-order chi connectivity index (χ1) is 7.52. The highest BCUT2D eigenvalue weighted by molar-refractivity contribution is 5.76. The van der Waals surface area contributed by atoms with Crippen molar-refractivity contribution in [1.82, 2.24) is 9.78 Å². The summed E-state index contributed by atoms with van der Waals surface area (Å²) in [4.78, 5) is 11.0. The van der Waals surface area contributed by atoms with Crippen molar-refractivity contribution < 1.29 is 4.79 Å². The third-order valence-corrected chi connectivity index (χ3v) is 3.30. The summed E-state index contributed by atoms with van der Waals surface area (Å²) in [5, 5.41) is 4.62. The van der Waals surface area contributed by atoms with Crippen LogP contribution in [0.1, 0.15) is 68.5 Å². The fraction of sp³-hybridized carbons (Fsp3) is 0.692. The highest BCUT2D eigenvalue weighted by Crippen LogP contribution is 2.31. The summed E-state index contributed by atoms with van der Waals surface area (Å²) >= 11 is 0. The van der Waals surface area contributed by atoms with Gasteiger partial charge in [-0.2, -0.15) is 5.10 Å². The summed E-state index contributed by atoms with van der Waals surface area (Å²) in [6, 6.07) is 0.509. The lowest BCUT2D eigenvalue weighted by Crippen LogP contribution is -2.15. The predicted molar refractivity (Wildman–Crippen MR) is 63.8 cm³/mol. The molecule has 1 fully saturated rings. The molecule has 0 saturated heterocycles. The maximum absolute atomic E-state index is 11.0. The van der Waals surface area contributed by atoms with E-state index in [0.717, 1.165) is 17.5 Å². The molecule has 2 rings (SSSR count). The lowest BCUT2D eigenvalue weighted by Gasteiger charge is -2.16. The van der Waals surface area contributed by atoms with Gasteiger partial charge >= 0.3 is 0 Å². The molecule has 1 aromatic heterocycles. The maximum atomic E-state index is 11.0. The van der Waals surface area contributed by atoms with Crippen LogP contribution in [0.15, 0.2) is 6.20 Å². The molecule has 0 aromatic carbocycles. The molecular weight excluding hydrogens is 200 g/mol. The second-order valence-electron chi connectivity index (χ2n) is 5.72. The van der Waals surface area contributed by atoms with Crippen molar-refractivity contribution in [3.63, 3.8) is 0 Å². The van der Waals surface area contributed by atoms with E-state index in [2.05, 4.69) is 25.9 Å². The quantitative estimate of drug-likeness (QED) is 0.718. The molecule has 0 N–H and O–H groups in total. The predicted octanol–water partition coefficient (Wildman–Crippen LogP) is 3.11. The minimum Gasteiger partial charge on any atom is -0.298 e. The van der Waals surface area contributed by atoms with Gasteiger partial charge in [0.15, 0.2) is 6.29 Å². The van der Waals surface area contributed by atoms with E-state index in [1.165, 1.54) is 25.7 Å². The van der Waals surface area contributed by atoms with E-state index in [0.29, 0.717) is 6.04 Å². The molecule has 88 valence electrons. The van der Waals surface area contributed by atoms with Gasteiger partial charge in [0.05, 0.1) is 17.3 Å². The van der Waals surface area contributed by atoms with E-state index < -0.39 is 0 Å². The average molecular weight is 220 g/mol. The molecule has 1 aliphatic rings. The van der Waals surface area contributed by atoms with Crippen molar-refractivity contribution in [2.45, 2.75) is 57.9 Å². The average Bonchev–Trinajstić information content (AvgIpc) is 2.85. The van der Waals surface area contributed by atoms with Gasteiger partial charge in [0.1, 0.15) is 0 Å². The number of rotatable bonds is 2. The zero-order chi connectivity index (χ0) is 11.8. The Kier molecular flexibility index (Phi) is 2.87. The Hall–Kier alpha value is -1.12. The van der Waals surface area contributed by atoms with E-state index >= 15 is 0 Å². The summed E-state index contributed by atoms with van der Waals surface area (Å²) in [6.07, 6.45) is 7.81. The largest absolute Gasteiger partial charge is 0.298 e. The standard InChI is InChI=1S/C13H20N2O/c1-13(2,3)12-10(9-16)8-15(14-12)11-6-4-5-7-11/h8-9,11H,4-7H2,1-3H3. The molecule has 0 bridgehead atoms. The molecule has 3 nitrogen and oxygen atoms in total. The van der Waals surface area contributed by atoms with E-state index in [9.17, 15) is 4.79 Å². The number of carbonyl (C=O) groups is 1. The summed E-state index contributed by atoms with van der Waals surface area (Å²) in [6.45, 7) is 6.30. The van der Waals surface area contributed by atoms with Gasteiger partial charge in [-0.05, 0) is 12.8 Å². The second kappa shape index (κ2) is 4.04. The van der Waals surface area contributed by atoms with Gasteiger partial charge in [0.25, 0.3) is 0 Å². The molecule has 0 aliphatic heterocycles. The Morgan fingerprint density at radius 3 is 2.44 bits per heavy atom. The Balaban J connectivity index is 2.35. The van der Waals surface area contributed by atoms with Crippen molar-refractivity contribution in [1.29, 1.82) is 0 Å². The van der Waals surface area contributed by atoms with Gasteiger partial charge < -0.3 is 0 Å². The van der Waals surface area contributed by atoms with Crippen molar-refractivity contribution >= 4 is 6.29 Å². The van der Waals surface area contributed by atoms with Crippen molar-refractivity contribution in [3.8, 4) is 0 Å². The fourth-order valence-corrected chi connectivity index (χ4v) is 2.43. The van der Waals surface area contributed by atoms with Gasteiger partial charge in [0, 0.05) is 11.6 Å². The number of aldehydes is 1. The number of nitrogens with zero attached hydrogens (tertiary/aromatic N) is 2. The highest BCUT2D eigenvalue weighted by Gasteiger charge is 2.25. The van der Waals surface area contributed by atoms with Crippen LogP contribution in [0.5, 0.6) is 0 Å². The molecule has 1 aromatic rings. The van der Waals surface area contributed by atoms with E-state index in [1.807, 2.05) is 10.9 Å². The zero-order valence-corrected chi connectivity index (χ0v) is 10.4. The van der Waals surface area contributed by atoms with Crippen molar-refractivity contribution in [2.75, 3.05) is 0 Å². The van der Waals surface area contributed by atoms with Crippen LogP contribution >= 0.6 is 0 Å². The van der Waals surface area contributed by atoms with Gasteiger partial charge in [-0.15, -0.1) is 0 Å². The second-order valence-corrected chi connectivity index (χ2v) is 5.72. The van der Waals surface area contributed by atoms with Crippen LogP contribution in [0.3, 0.4) is 0 Å². The summed E-state index contributed by atoms with van der Waals surface area (Å²) in [7, 11) is 0. The molecule has 0 radical (unpaired) electrons. The third kappa shape index (κ3) is 2.04. The monoisotopic (exact) mass is 220 g/mol. The Morgan fingerprint density at radius 2 is 2.00 bits per heavy atom. The number of aromatic nitrogens is 2.